The third-order valence-electron chi connectivity index (χ3n) is 1.43. The fourth-order valence-corrected chi connectivity index (χ4v) is 0.923. The first-order valence-corrected chi connectivity index (χ1v) is 3.74. The second kappa shape index (κ2) is 3.32. The van der Waals surface area contributed by atoms with Crippen LogP contribution >= 0.6 is 0 Å². The van der Waals surface area contributed by atoms with Crippen molar-refractivity contribution in [1.29, 1.82) is 0 Å². The summed E-state index contributed by atoms with van der Waals surface area (Å²) >= 11 is 0. The Hall–Kier alpha value is -1.12. The van der Waals surface area contributed by atoms with Gasteiger partial charge in [-0.05, 0) is 12.3 Å². The highest BCUT2D eigenvalue weighted by molar-refractivity contribution is 5.39. The maximum Gasteiger partial charge on any atom is 0.115 e. The Morgan fingerprint density at radius 3 is 2.82 bits per heavy atom. The van der Waals surface area contributed by atoms with Gasteiger partial charge in [-0.15, -0.1) is 0 Å². The lowest BCUT2D eigenvalue weighted by molar-refractivity contribution is 0.635. The molecule has 0 saturated heterocycles. The van der Waals surface area contributed by atoms with Crippen molar-refractivity contribution in [3.63, 3.8) is 0 Å². The Balaban J connectivity index is 2.78. The lowest BCUT2D eigenvalue weighted by Crippen LogP contribution is -2.02. The summed E-state index contributed by atoms with van der Waals surface area (Å²) in [5.74, 6) is 0.590. The molecule has 2 N–H and O–H groups in total. The highest BCUT2D eigenvalue weighted by Crippen LogP contribution is 2.10. The molecule has 3 nitrogen and oxygen atoms in total. The van der Waals surface area contributed by atoms with Gasteiger partial charge in [0.05, 0.1) is 17.6 Å². The number of nitrogens with two attached hydrogens (primary N) is 1. The van der Waals surface area contributed by atoms with Crippen molar-refractivity contribution >= 4 is 5.69 Å². The van der Waals surface area contributed by atoms with E-state index in [1.54, 1.807) is 6.20 Å². The van der Waals surface area contributed by atoms with Crippen molar-refractivity contribution in [2.24, 2.45) is 5.92 Å². The molecule has 0 radical (unpaired) electrons. The molecule has 1 rings (SSSR count). The minimum Gasteiger partial charge on any atom is -0.396 e. The van der Waals surface area contributed by atoms with E-state index >= 15 is 0 Å². The van der Waals surface area contributed by atoms with Crippen LogP contribution in [0.25, 0.3) is 0 Å². The van der Waals surface area contributed by atoms with Gasteiger partial charge >= 0.3 is 0 Å². The predicted octanol–water partition coefficient (Wildman–Crippen LogP) is 1.26. The lowest BCUT2D eigenvalue weighted by Gasteiger charge is -2.04. The van der Waals surface area contributed by atoms with E-state index in [0.29, 0.717) is 11.6 Å². The van der Waals surface area contributed by atoms with Crippen LogP contribution in [-0.4, -0.2) is 9.97 Å². The van der Waals surface area contributed by atoms with Crippen LogP contribution in [0.1, 0.15) is 19.5 Å². The zero-order chi connectivity index (χ0) is 8.27. The van der Waals surface area contributed by atoms with Gasteiger partial charge in [0.1, 0.15) is 6.33 Å². The minimum absolute atomic E-state index is 0.590. The van der Waals surface area contributed by atoms with E-state index in [4.69, 9.17) is 5.73 Å². The molecular weight excluding hydrogens is 138 g/mol. The third kappa shape index (κ3) is 2.18. The van der Waals surface area contributed by atoms with Crippen molar-refractivity contribution in [3.05, 3.63) is 18.2 Å². The monoisotopic (exact) mass is 151 g/mol. The number of anilines is 1. The van der Waals surface area contributed by atoms with Crippen LogP contribution in [0, 0.1) is 5.92 Å². The van der Waals surface area contributed by atoms with Gasteiger partial charge in [-0.1, -0.05) is 13.8 Å². The zero-order valence-corrected chi connectivity index (χ0v) is 6.91. The molecule has 1 aromatic rings. The minimum atomic E-state index is 0.590. The summed E-state index contributed by atoms with van der Waals surface area (Å²) < 4.78 is 0. The Labute approximate surface area is 66.7 Å². The van der Waals surface area contributed by atoms with Gasteiger partial charge in [0.2, 0.25) is 0 Å². The topological polar surface area (TPSA) is 51.8 Å². The molecule has 0 spiro atoms. The second-order valence-corrected chi connectivity index (χ2v) is 3.02. The lowest BCUT2D eigenvalue weighted by atomic mass is 10.1. The molecule has 0 atom stereocenters. The van der Waals surface area contributed by atoms with E-state index in [1.165, 1.54) is 6.33 Å². The molecule has 0 bridgehead atoms. The molecule has 1 aromatic heterocycles. The normalized spacial score (nSPS) is 10.5. The van der Waals surface area contributed by atoms with Crippen molar-refractivity contribution in [2.75, 3.05) is 5.73 Å². The van der Waals surface area contributed by atoms with Crippen molar-refractivity contribution in [3.8, 4) is 0 Å². The standard InChI is InChI=1S/C8H13N3/c1-6(2)3-8-7(9)4-10-5-11-8/h4-6H,3,9H2,1-2H3. The molecule has 0 aromatic carbocycles. The fraction of sp³-hybridized carbons (Fsp3) is 0.500. The Morgan fingerprint density at radius 2 is 2.27 bits per heavy atom. The number of rotatable bonds is 2. The molecule has 0 aliphatic heterocycles. The van der Waals surface area contributed by atoms with Gasteiger partial charge in [-0.2, -0.15) is 0 Å². The molecule has 0 aliphatic carbocycles. The summed E-state index contributed by atoms with van der Waals surface area (Å²) in [5.41, 5.74) is 7.29. The van der Waals surface area contributed by atoms with Gasteiger partial charge in [0.15, 0.2) is 0 Å². The van der Waals surface area contributed by atoms with Crippen LogP contribution in [-0.2, 0) is 6.42 Å². The van der Waals surface area contributed by atoms with E-state index in [-0.39, 0.29) is 0 Å². The highest BCUT2D eigenvalue weighted by Gasteiger charge is 2.01. The molecule has 0 unspecified atom stereocenters. The summed E-state index contributed by atoms with van der Waals surface area (Å²) in [5, 5.41) is 0. The highest BCUT2D eigenvalue weighted by atomic mass is 14.9. The number of hydrogen-bond acceptors (Lipinski definition) is 3. The number of nitrogen functional groups attached to an aromatic ring is 1. The number of nitrogens with zero attached hydrogens (tertiary/aromatic N) is 2. The van der Waals surface area contributed by atoms with Gasteiger partial charge < -0.3 is 5.73 Å². The first kappa shape index (κ1) is 7.98. The molecule has 1 heterocycles. The summed E-state index contributed by atoms with van der Waals surface area (Å²) in [6, 6.07) is 0. The molecule has 0 amide bonds. The van der Waals surface area contributed by atoms with Gasteiger partial charge in [-0.25, -0.2) is 9.97 Å². The largest absolute Gasteiger partial charge is 0.396 e. The van der Waals surface area contributed by atoms with Crippen LogP contribution < -0.4 is 5.73 Å². The van der Waals surface area contributed by atoms with E-state index in [9.17, 15) is 0 Å². The predicted molar refractivity (Wildman–Crippen MR) is 45.0 cm³/mol. The Morgan fingerprint density at radius 1 is 1.55 bits per heavy atom. The summed E-state index contributed by atoms with van der Waals surface area (Å²) in [6.07, 6.45) is 4.10. The van der Waals surface area contributed by atoms with E-state index in [0.717, 1.165) is 12.1 Å². The van der Waals surface area contributed by atoms with Crippen molar-refractivity contribution in [1.82, 2.24) is 9.97 Å². The fourth-order valence-electron chi connectivity index (χ4n) is 0.923. The van der Waals surface area contributed by atoms with Crippen molar-refractivity contribution in [2.45, 2.75) is 20.3 Å². The average Bonchev–Trinajstić information content (AvgIpc) is 1.93. The number of hydrogen-bond donors (Lipinski definition) is 1. The van der Waals surface area contributed by atoms with E-state index < -0.39 is 0 Å². The van der Waals surface area contributed by atoms with Gasteiger partial charge in [0.25, 0.3) is 0 Å². The molecule has 0 aliphatic rings. The third-order valence-corrected chi connectivity index (χ3v) is 1.43. The Bertz CT molecular complexity index is 233. The second-order valence-electron chi connectivity index (χ2n) is 3.02. The van der Waals surface area contributed by atoms with Gasteiger partial charge in [0, 0.05) is 0 Å². The summed E-state index contributed by atoms with van der Waals surface area (Å²) in [7, 11) is 0. The van der Waals surface area contributed by atoms with Crippen LogP contribution in [0.5, 0.6) is 0 Å². The maximum atomic E-state index is 5.64. The van der Waals surface area contributed by atoms with Crippen LogP contribution in [0.3, 0.4) is 0 Å². The molecular formula is C8H13N3. The average molecular weight is 151 g/mol. The quantitative estimate of drug-likeness (QED) is 0.692. The molecule has 0 fully saturated rings. The first-order valence-electron chi connectivity index (χ1n) is 3.74. The Kier molecular flexibility index (Phi) is 2.41. The van der Waals surface area contributed by atoms with Crippen LogP contribution in [0.15, 0.2) is 12.5 Å². The summed E-state index contributed by atoms with van der Waals surface area (Å²) in [4.78, 5) is 7.90. The van der Waals surface area contributed by atoms with Crippen LogP contribution in [0.4, 0.5) is 5.69 Å². The van der Waals surface area contributed by atoms with Crippen molar-refractivity contribution < 1.29 is 0 Å². The van der Waals surface area contributed by atoms with Gasteiger partial charge in [-0.3, -0.25) is 0 Å². The number of aromatic nitrogens is 2. The molecule has 11 heavy (non-hydrogen) atoms. The zero-order valence-electron chi connectivity index (χ0n) is 6.91. The maximum absolute atomic E-state index is 5.64. The smallest absolute Gasteiger partial charge is 0.115 e. The van der Waals surface area contributed by atoms with E-state index in [2.05, 4.69) is 23.8 Å². The SMILES string of the molecule is CC(C)Cc1ncncc1N. The first-order chi connectivity index (χ1) is 5.20. The summed E-state index contributed by atoms with van der Waals surface area (Å²) in [6.45, 7) is 4.28. The molecule has 3 heteroatoms. The molecule has 0 saturated carbocycles. The van der Waals surface area contributed by atoms with E-state index in [1.807, 2.05) is 0 Å². The van der Waals surface area contributed by atoms with Crippen LogP contribution in [0.2, 0.25) is 0 Å². The molecule has 60 valence electrons.